The lowest BCUT2D eigenvalue weighted by molar-refractivity contribution is -0.142. The fraction of sp³-hybridized carbons (Fsp3) is 0.529. The van der Waals surface area contributed by atoms with E-state index in [0.29, 0.717) is 24.7 Å². The number of fused-ring (bicyclic) bond motifs is 2. The van der Waals surface area contributed by atoms with Crippen LogP contribution in [-0.4, -0.2) is 119 Å². The van der Waals surface area contributed by atoms with Gasteiger partial charge in [0.2, 0.25) is 11.8 Å². The lowest BCUT2D eigenvalue weighted by Gasteiger charge is -2.36. The molecule has 3 aliphatic heterocycles. The number of imidazole rings is 2. The average molecular weight is 934 g/mol. The van der Waals surface area contributed by atoms with Crippen molar-refractivity contribution >= 4 is 51.8 Å². The van der Waals surface area contributed by atoms with E-state index in [4.69, 9.17) is 28.9 Å². The van der Waals surface area contributed by atoms with Crippen LogP contribution in [0, 0.1) is 0 Å². The zero-order valence-corrected chi connectivity index (χ0v) is 41.0. The summed E-state index contributed by atoms with van der Waals surface area (Å²) < 4.78 is 20.9. The van der Waals surface area contributed by atoms with Crippen molar-refractivity contribution in [2.24, 2.45) is 0 Å². The summed E-state index contributed by atoms with van der Waals surface area (Å²) >= 11 is 0. The first-order valence-electron chi connectivity index (χ1n) is 23.7. The fourth-order valence-corrected chi connectivity index (χ4v) is 10.3. The van der Waals surface area contributed by atoms with Crippen LogP contribution < -0.4 is 15.5 Å². The lowest BCUT2D eigenvalue weighted by atomic mass is 9.87. The summed E-state index contributed by atoms with van der Waals surface area (Å²) in [6, 6.07) is 19.4. The summed E-state index contributed by atoms with van der Waals surface area (Å²) in [6.45, 7) is 13.0. The Labute approximate surface area is 398 Å². The van der Waals surface area contributed by atoms with E-state index in [-0.39, 0.29) is 41.4 Å². The number of aromatic nitrogens is 4. The number of nitrogens with one attached hydrogen (secondary N) is 4. The largest absolute Gasteiger partial charge is 0.453 e. The molecule has 3 saturated heterocycles. The molecule has 4 N–H and O–H groups in total. The minimum atomic E-state index is -0.994. The van der Waals surface area contributed by atoms with Crippen LogP contribution in [-0.2, 0) is 34.0 Å². The predicted octanol–water partition coefficient (Wildman–Crippen LogP) is 8.06. The number of ether oxygens (including phenoxy) is 4. The number of rotatable bonds is 13. The van der Waals surface area contributed by atoms with Crippen LogP contribution in [0.2, 0.25) is 0 Å². The van der Waals surface area contributed by atoms with Gasteiger partial charge in [0.15, 0.2) is 0 Å². The van der Waals surface area contributed by atoms with Crippen molar-refractivity contribution in [3.8, 4) is 0 Å². The van der Waals surface area contributed by atoms with Crippen LogP contribution >= 0.6 is 0 Å². The zero-order chi connectivity index (χ0) is 48.7. The third kappa shape index (κ3) is 9.46. The Morgan fingerprint density at radius 3 is 1.63 bits per heavy atom. The minimum Gasteiger partial charge on any atom is -0.453 e. The first-order valence-corrected chi connectivity index (χ1v) is 23.7. The Hall–Kier alpha value is -6.20. The third-order valence-electron chi connectivity index (χ3n) is 14.4. The second-order valence-electron chi connectivity index (χ2n) is 19.9. The van der Waals surface area contributed by atoms with E-state index in [1.54, 1.807) is 30.6 Å². The van der Waals surface area contributed by atoms with Gasteiger partial charge in [0.25, 0.3) is 0 Å². The predicted molar refractivity (Wildman–Crippen MR) is 258 cm³/mol. The van der Waals surface area contributed by atoms with Gasteiger partial charge in [-0.15, -0.1) is 0 Å². The number of alkyl carbamates (subject to hydrolysis) is 2. The van der Waals surface area contributed by atoms with E-state index in [1.165, 1.54) is 34.0 Å². The molecule has 8 rings (SSSR count). The Balaban J connectivity index is 1.09. The second-order valence-corrected chi connectivity index (χ2v) is 19.9. The molecule has 17 heteroatoms. The molecule has 0 bridgehead atoms. The van der Waals surface area contributed by atoms with E-state index >= 15 is 0 Å². The molecule has 0 saturated carbocycles. The van der Waals surface area contributed by atoms with Crippen LogP contribution in [0.1, 0.15) is 133 Å². The molecule has 0 aliphatic carbocycles. The van der Waals surface area contributed by atoms with Crippen molar-refractivity contribution in [2.45, 2.75) is 133 Å². The highest BCUT2D eigenvalue weighted by atomic mass is 16.5. The highest BCUT2D eigenvalue weighted by Crippen LogP contribution is 2.48. The number of methoxy groups -OCH3 is 4. The number of benzene rings is 3. The summed E-state index contributed by atoms with van der Waals surface area (Å²) in [5.74, 6) is 0.905. The van der Waals surface area contributed by atoms with Crippen molar-refractivity contribution in [2.75, 3.05) is 46.4 Å². The Bertz CT molecular complexity index is 2640. The number of amides is 4. The molecule has 0 unspecified atom stereocenters. The monoisotopic (exact) mass is 934 g/mol. The van der Waals surface area contributed by atoms with E-state index in [2.05, 4.69) is 107 Å². The highest BCUT2D eigenvalue weighted by Gasteiger charge is 2.44. The number of carbonyl (C=O) groups excluding carboxylic acids is 4. The molecule has 4 amide bonds. The SMILES string of the molecule is COC(=O)N[C@H](C(=O)N1CCC[C@H]1c1nc2ccc([C@H]3CC[C@H](c4ccc5nc([C@@H]6CCCN6C(=O)[C@@H](NC(=O)OC)C(C)(C)OC)[nH]c5c4)N3c3ccc(C(C)(C)C)cc3)cc2[nH]1)[C@@H](C)OC. The summed E-state index contributed by atoms with van der Waals surface area (Å²) in [7, 11) is 5.57. The van der Waals surface area contributed by atoms with Gasteiger partial charge in [0.1, 0.15) is 23.7 Å². The van der Waals surface area contributed by atoms with E-state index in [1.807, 2.05) is 0 Å². The molecule has 7 atom stereocenters. The molecular formula is C51H67N9O8. The molecule has 68 heavy (non-hydrogen) atoms. The van der Waals surface area contributed by atoms with Crippen molar-refractivity contribution < 1.29 is 38.1 Å². The zero-order valence-electron chi connectivity index (χ0n) is 41.0. The molecule has 2 aromatic heterocycles. The number of carbonyl (C=O) groups is 4. The number of anilines is 1. The highest BCUT2D eigenvalue weighted by molar-refractivity contribution is 5.88. The maximum Gasteiger partial charge on any atom is 0.407 e. The van der Waals surface area contributed by atoms with E-state index < -0.39 is 36.0 Å². The number of likely N-dealkylation sites (tertiary alicyclic amines) is 2. The third-order valence-corrected chi connectivity index (χ3v) is 14.4. The maximum atomic E-state index is 14.2. The van der Waals surface area contributed by atoms with Gasteiger partial charge in [-0.2, -0.15) is 0 Å². The average Bonchev–Trinajstić information content (AvgIpc) is 4.20. The fourth-order valence-electron chi connectivity index (χ4n) is 10.3. The molecule has 3 fully saturated rings. The molecule has 0 spiro atoms. The van der Waals surface area contributed by atoms with Gasteiger partial charge in [-0.3, -0.25) is 9.59 Å². The molecule has 3 aromatic carbocycles. The van der Waals surface area contributed by atoms with Crippen molar-refractivity contribution in [3.05, 3.63) is 89.0 Å². The smallest absolute Gasteiger partial charge is 0.407 e. The van der Waals surface area contributed by atoms with Gasteiger partial charge in [-0.25, -0.2) is 19.6 Å². The molecule has 5 aromatic rings. The molecule has 3 aliphatic rings. The van der Waals surface area contributed by atoms with Gasteiger partial charge in [-0.05, 0) is 118 Å². The van der Waals surface area contributed by atoms with Gasteiger partial charge in [-0.1, -0.05) is 45.0 Å². The van der Waals surface area contributed by atoms with Crippen LogP contribution in [0.5, 0.6) is 0 Å². The first-order chi connectivity index (χ1) is 32.5. The van der Waals surface area contributed by atoms with Gasteiger partial charge >= 0.3 is 12.2 Å². The van der Waals surface area contributed by atoms with E-state index in [9.17, 15) is 19.2 Å². The summed E-state index contributed by atoms with van der Waals surface area (Å²) in [4.78, 5) is 76.1. The lowest BCUT2D eigenvalue weighted by Crippen LogP contribution is -2.59. The molecular weight excluding hydrogens is 867 g/mol. The Morgan fingerprint density at radius 2 is 1.16 bits per heavy atom. The second kappa shape index (κ2) is 19.4. The van der Waals surface area contributed by atoms with Crippen LogP contribution in [0.3, 0.4) is 0 Å². The number of aromatic amines is 2. The van der Waals surface area contributed by atoms with Crippen molar-refractivity contribution in [3.63, 3.8) is 0 Å². The number of H-pyrrole nitrogens is 2. The van der Waals surface area contributed by atoms with Gasteiger partial charge in [0, 0.05) is 33.0 Å². The minimum absolute atomic E-state index is 0.00631. The summed E-state index contributed by atoms with van der Waals surface area (Å²) in [5.41, 5.74) is 7.08. The quantitative estimate of drug-likeness (QED) is 0.0892. The first kappa shape index (κ1) is 48.3. The van der Waals surface area contributed by atoms with Crippen LogP contribution in [0.4, 0.5) is 15.3 Å². The standard InChI is InChI=1S/C51H67N9O8/c1-29(65-7)42(56-48(63)66-8)46(61)58-25-11-13-40(58)44-52-34-21-15-30(27-36(34)54-44)38-23-24-39(60(38)33-19-17-32(18-20-33)50(2,3)4)31-16-22-35-37(28-31)55-45(53-35)41-14-12-26-59(41)47(62)43(51(5,6)68-10)57-49(64)67-9/h15-22,27-29,38-43H,11-14,23-26H2,1-10H3,(H,52,54)(H,53,55)(H,56,63)(H,57,64)/t29-,38-,39-,40+,41+,42+,43-/m1/s1. The number of hydrogen-bond acceptors (Lipinski definition) is 11. The molecule has 17 nitrogen and oxygen atoms in total. The number of nitrogens with zero attached hydrogens (tertiary/aromatic N) is 5. The van der Waals surface area contributed by atoms with Gasteiger partial charge in [0.05, 0.1) is 72.2 Å². The normalized spacial score (nSPS) is 21.3. The molecule has 5 heterocycles. The Morgan fingerprint density at radius 1 is 0.662 bits per heavy atom. The van der Waals surface area contributed by atoms with E-state index in [0.717, 1.165) is 77.4 Å². The number of hydrogen-bond donors (Lipinski definition) is 4. The van der Waals surface area contributed by atoms with Crippen LogP contribution in [0.25, 0.3) is 22.1 Å². The van der Waals surface area contributed by atoms with Gasteiger partial charge < -0.3 is 54.2 Å². The maximum absolute atomic E-state index is 14.2. The van der Waals surface area contributed by atoms with Crippen LogP contribution in [0.15, 0.2) is 60.7 Å². The molecule has 0 radical (unpaired) electrons. The summed E-state index contributed by atoms with van der Waals surface area (Å²) in [5, 5.41) is 5.38. The topological polar surface area (TPSA) is 196 Å². The van der Waals surface area contributed by atoms with Crippen molar-refractivity contribution in [1.29, 1.82) is 0 Å². The Kier molecular flexibility index (Phi) is 13.8. The molecule has 364 valence electrons. The van der Waals surface area contributed by atoms with Crippen molar-refractivity contribution in [1.82, 2.24) is 40.4 Å². The summed E-state index contributed by atoms with van der Waals surface area (Å²) in [6.07, 6.45) is 2.87.